The highest BCUT2D eigenvalue weighted by molar-refractivity contribution is 5.85. The van der Waals surface area contributed by atoms with Crippen molar-refractivity contribution in [2.45, 2.75) is 0 Å². The topological polar surface area (TPSA) is 69.6 Å². The Morgan fingerprint density at radius 3 is 1.92 bits per heavy atom. The average Bonchev–Trinajstić information content (AvgIpc) is 1.83. The molecule has 78 valence electrons. The first-order chi connectivity index (χ1) is 5.57. The van der Waals surface area contributed by atoms with Gasteiger partial charge in [-0.25, -0.2) is 0 Å². The lowest BCUT2D eigenvalue weighted by atomic mass is 10.1. The fourth-order valence-electron chi connectivity index (χ4n) is 0.463. The first-order valence-electron chi connectivity index (χ1n) is 3.63. The van der Waals surface area contributed by atoms with Crippen LogP contribution in [0.1, 0.15) is 0 Å². The molecule has 0 aliphatic carbocycles. The van der Waals surface area contributed by atoms with E-state index in [1.807, 2.05) is 0 Å². The zero-order chi connectivity index (χ0) is 9.56. The summed E-state index contributed by atoms with van der Waals surface area (Å²) >= 11 is 0. The van der Waals surface area contributed by atoms with Crippen molar-refractivity contribution < 1.29 is 14.7 Å². The fraction of sp³-hybridized carbons (Fsp3) is 0.714. The Labute approximate surface area is 83.5 Å². The third-order valence-corrected chi connectivity index (χ3v) is 1.34. The molecular weight excluding hydrogens is 196 g/mol. The van der Waals surface area contributed by atoms with E-state index >= 15 is 0 Å². The van der Waals surface area contributed by atoms with Gasteiger partial charge < -0.3 is 15.3 Å². The molecular formula is C7H15ClN2O3. The van der Waals surface area contributed by atoms with Crippen molar-refractivity contribution in [2.75, 3.05) is 27.2 Å². The molecule has 1 rings (SSSR count). The zero-order valence-electron chi connectivity index (χ0n) is 7.69. The Bertz CT molecular complexity index is 160. The van der Waals surface area contributed by atoms with Crippen LogP contribution >= 0.6 is 12.4 Å². The molecule has 0 bridgehead atoms. The third kappa shape index (κ3) is 7.55. The highest BCUT2D eigenvalue weighted by Crippen LogP contribution is 2.00. The van der Waals surface area contributed by atoms with E-state index in [0.717, 1.165) is 6.41 Å². The van der Waals surface area contributed by atoms with Crippen LogP contribution in [0.3, 0.4) is 0 Å². The summed E-state index contributed by atoms with van der Waals surface area (Å²) in [5, 5.41) is 11.1. The SMILES string of the molecule is CN(C)C=O.Cl.O=C(O)C1CNC1. The number of carbonyl (C=O) groups excluding carboxylic acids is 1. The largest absolute Gasteiger partial charge is 0.481 e. The van der Waals surface area contributed by atoms with Crippen LogP contribution in [0.2, 0.25) is 0 Å². The van der Waals surface area contributed by atoms with Gasteiger partial charge in [-0.3, -0.25) is 9.59 Å². The molecule has 2 N–H and O–H groups in total. The summed E-state index contributed by atoms with van der Waals surface area (Å²) in [6, 6.07) is 0. The molecule has 1 amide bonds. The van der Waals surface area contributed by atoms with Crippen LogP contribution in [0.5, 0.6) is 0 Å². The lowest BCUT2D eigenvalue weighted by molar-refractivity contribution is -0.143. The molecule has 1 fully saturated rings. The predicted molar refractivity (Wildman–Crippen MR) is 51.0 cm³/mol. The van der Waals surface area contributed by atoms with Crippen molar-refractivity contribution in [3.05, 3.63) is 0 Å². The molecule has 1 aliphatic heterocycles. The lowest BCUT2D eigenvalue weighted by Crippen LogP contribution is -2.46. The van der Waals surface area contributed by atoms with Crippen molar-refractivity contribution in [1.82, 2.24) is 10.2 Å². The average molecular weight is 211 g/mol. The summed E-state index contributed by atoms with van der Waals surface area (Å²) in [7, 11) is 3.38. The summed E-state index contributed by atoms with van der Waals surface area (Å²) < 4.78 is 0. The number of carboxylic acids is 1. The Morgan fingerprint density at radius 1 is 1.54 bits per heavy atom. The highest BCUT2D eigenvalue weighted by atomic mass is 35.5. The van der Waals surface area contributed by atoms with Gasteiger partial charge in [-0.15, -0.1) is 12.4 Å². The van der Waals surface area contributed by atoms with Crippen LogP contribution in [0.15, 0.2) is 0 Å². The number of carboxylic acid groups (broad SMARTS) is 1. The van der Waals surface area contributed by atoms with Crippen molar-refractivity contribution in [3.8, 4) is 0 Å². The van der Waals surface area contributed by atoms with Gasteiger partial charge in [0.1, 0.15) is 0 Å². The number of halogens is 1. The number of nitrogens with one attached hydrogen (secondary N) is 1. The van der Waals surface area contributed by atoms with Crippen LogP contribution in [0, 0.1) is 5.92 Å². The van der Waals surface area contributed by atoms with E-state index < -0.39 is 5.97 Å². The summed E-state index contributed by atoms with van der Waals surface area (Å²) in [6.45, 7) is 1.30. The molecule has 0 spiro atoms. The number of rotatable bonds is 2. The summed E-state index contributed by atoms with van der Waals surface area (Å²) in [5.41, 5.74) is 0. The van der Waals surface area contributed by atoms with E-state index in [-0.39, 0.29) is 18.3 Å². The second kappa shape index (κ2) is 7.82. The van der Waals surface area contributed by atoms with Gasteiger partial charge in [0.15, 0.2) is 0 Å². The quantitative estimate of drug-likeness (QED) is 0.599. The van der Waals surface area contributed by atoms with Crippen LogP contribution in [-0.2, 0) is 9.59 Å². The Hall–Kier alpha value is -0.810. The van der Waals surface area contributed by atoms with Gasteiger partial charge in [0.05, 0.1) is 5.92 Å². The van der Waals surface area contributed by atoms with Crippen molar-refractivity contribution in [2.24, 2.45) is 5.92 Å². The molecule has 5 nitrogen and oxygen atoms in total. The van der Waals surface area contributed by atoms with Crippen LogP contribution in [0.4, 0.5) is 0 Å². The van der Waals surface area contributed by atoms with Gasteiger partial charge in [-0.05, 0) is 0 Å². The Balaban J connectivity index is 0. The molecule has 0 aromatic rings. The molecule has 0 aromatic carbocycles. The zero-order valence-corrected chi connectivity index (χ0v) is 8.50. The van der Waals surface area contributed by atoms with E-state index in [4.69, 9.17) is 5.11 Å². The molecule has 1 aliphatic rings. The second-order valence-electron chi connectivity index (χ2n) is 2.76. The second-order valence-corrected chi connectivity index (χ2v) is 2.76. The van der Waals surface area contributed by atoms with Gasteiger partial charge in [0.25, 0.3) is 0 Å². The summed E-state index contributed by atoms with van der Waals surface area (Å²) in [6.07, 6.45) is 0.750. The Morgan fingerprint density at radius 2 is 1.92 bits per heavy atom. The maximum Gasteiger partial charge on any atom is 0.309 e. The maximum absolute atomic E-state index is 9.94. The molecule has 13 heavy (non-hydrogen) atoms. The molecule has 6 heteroatoms. The number of aliphatic carboxylic acids is 1. The minimum Gasteiger partial charge on any atom is -0.481 e. The van der Waals surface area contributed by atoms with Gasteiger partial charge >= 0.3 is 5.97 Å². The van der Waals surface area contributed by atoms with Gasteiger partial charge in [-0.1, -0.05) is 0 Å². The highest BCUT2D eigenvalue weighted by Gasteiger charge is 2.23. The minimum absolute atomic E-state index is 0. The first kappa shape index (κ1) is 14.7. The molecule has 1 heterocycles. The normalized spacial score (nSPS) is 14.0. The van der Waals surface area contributed by atoms with E-state index in [1.165, 1.54) is 4.90 Å². The monoisotopic (exact) mass is 210 g/mol. The number of nitrogens with zero attached hydrogens (tertiary/aromatic N) is 1. The van der Waals surface area contributed by atoms with Crippen LogP contribution in [-0.4, -0.2) is 49.6 Å². The molecule has 0 atom stereocenters. The van der Waals surface area contributed by atoms with E-state index in [2.05, 4.69) is 5.32 Å². The number of amides is 1. The Kier molecular flexibility index (Phi) is 8.84. The van der Waals surface area contributed by atoms with E-state index in [0.29, 0.717) is 13.1 Å². The minimum atomic E-state index is -0.682. The maximum atomic E-state index is 9.94. The van der Waals surface area contributed by atoms with E-state index in [9.17, 15) is 9.59 Å². The lowest BCUT2D eigenvalue weighted by Gasteiger charge is -2.21. The number of hydrogen-bond acceptors (Lipinski definition) is 3. The number of carbonyl (C=O) groups is 2. The standard InChI is InChI=1S/C4H7NO2.C3H7NO.ClH/c6-4(7)3-1-5-2-3;1-4(2)3-5;/h3,5H,1-2H2,(H,6,7);3H,1-2H3;1H. The van der Waals surface area contributed by atoms with Crippen LogP contribution < -0.4 is 5.32 Å². The number of hydrogen-bond donors (Lipinski definition) is 2. The van der Waals surface area contributed by atoms with Gasteiger partial charge in [-0.2, -0.15) is 0 Å². The van der Waals surface area contributed by atoms with E-state index in [1.54, 1.807) is 14.1 Å². The molecule has 1 saturated heterocycles. The summed E-state index contributed by atoms with van der Waals surface area (Å²) in [4.78, 5) is 20.8. The third-order valence-electron chi connectivity index (χ3n) is 1.34. The van der Waals surface area contributed by atoms with Crippen molar-refractivity contribution in [1.29, 1.82) is 0 Å². The molecule has 0 unspecified atom stereocenters. The van der Waals surface area contributed by atoms with Crippen molar-refractivity contribution >= 4 is 24.8 Å². The fourth-order valence-corrected chi connectivity index (χ4v) is 0.463. The first-order valence-corrected chi connectivity index (χ1v) is 3.63. The molecule has 0 radical (unpaired) electrons. The van der Waals surface area contributed by atoms with Gasteiger partial charge in [0.2, 0.25) is 6.41 Å². The summed E-state index contributed by atoms with van der Waals surface area (Å²) in [5.74, 6) is -0.793. The predicted octanol–water partition coefficient (Wildman–Crippen LogP) is -0.583. The van der Waals surface area contributed by atoms with Gasteiger partial charge in [0, 0.05) is 27.2 Å². The smallest absolute Gasteiger partial charge is 0.309 e. The van der Waals surface area contributed by atoms with Crippen LogP contribution in [0.25, 0.3) is 0 Å². The van der Waals surface area contributed by atoms with Crippen molar-refractivity contribution in [3.63, 3.8) is 0 Å². The molecule has 0 saturated carbocycles. The molecule has 0 aromatic heterocycles.